The van der Waals surface area contributed by atoms with Gasteiger partial charge in [0.1, 0.15) is 11.2 Å². The van der Waals surface area contributed by atoms with E-state index in [2.05, 4.69) is 5.32 Å². The Morgan fingerprint density at radius 2 is 1.36 bits per heavy atom. The molecule has 0 aromatic carbocycles. The minimum absolute atomic E-state index is 0.0873. The number of guanidine groups is 1. The molecule has 0 saturated carbocycles. The lowest BCUT2D eigenvalue weighted by Gasteiger charge is -2.32. The number of esters is 2. The molecule has 0 bridgehead atoms. The summed E-state index contributed by atoms with van der Waals surface area (Å²) in [5, 5.41) is 9.77. The Labute approximate surface area is 150 Å². The molecule has 0 heterocycles. The van der Waals surface area contributed by atoms with Gasteiger partial charge in [0.25, 0.3) is 0 Å². The van der Waals surface area contributed by atoms with E-state index in [1.807, 2.05) is 0 Å². The topological polar surface area (TPSA) is 141 Å². The van der Waals surface area contributed by atoms with Crippen LogP contribution in [-0.4, -0.2) is 41.2 Å². The molecule has 6 N–H and O–H groups in total. The Morgan fingerprint density at radius 3 is 1.72 bits per heavy atom. The van der Waals surface area contributed by atoms with Crippen LogP contribution in [0.3, 0.4) is 0 Å². The first-order valence-corrected chi connectivity index (χ1v) is 8.51. The van der Waals surface area contributed by atoms with E-state index in [0.29, 0.717) is 19.4 Å². The van der Waals surface area contributed by atoms with Gasteiger partial charge in [-0.1, -0.05) is 12.8 Å². The molecular formula is C17H34N4O4. The van der Waals surface area contributed by atoms with Crippen LogP contribution < -0.4 is 16.8 Å². The van der Waals surface area contributed by atoms with Gasteiger partial charge in [0.2, 0.25) is 5.54 Å². The van der Waals surface area contributed by atoms with E-state index in [-0.39, 0.29) is 12.4 Å². The highest BCUT2D eigenvalue weighted by Crippen LogP contribution is 2.22. The van der Waals surface area contributed by atoms with Crippen LogP contribution in [0.15, 0.2) is 0 Å². The first-order chi connectivity index (χ1) is 11.2. The Kier molecular flexibility index (Phi) is 8.37. The number of hydrogen-bond acceptors (Lipinski definition) is 6. The van der Waals surface area contributed by atoms with Gasteiger partial charge in [-0.05, 0) is 54.4 Å². The molecule has 0 aromatic rings. The van der Waals surface area contributed by atoms with Crippen LogP contribution >= 0.6 is 0 Å². The Bertz CT molecular complexity index is 450. The van der Waals surface area contributed by atoms with Crippen LogP contribution in [0.1, 0.15) is 67.2 Å². The van der Waals surface area contributed by atoms with Crippen molar-refractivity contribution < 1.29 is 19.1 Å². The van der Waals surface area contributed by atoms with Gasteiger partial charge >= 0.3 is 11.9 Å². The molecule has 0 radical (unpaired) electrons. The van der Waals surface area contributed by atoms with E-state index in [1.54, 1.807) is 41.5 Å². The van der Waals surface area contributed by atoms with Crippen molar-refractivity contribution in [3.8, 4) is 0 Å². The Morgan fingerprint density at radius 1 is 0.920 bits per heavy atom. The summed E-state index contributed by atoms with van der Waals surface area (Å²) in [7, 11) is 0. The molecule has 0 saturated heterocycles. The third-order valence-electron chi connectivity index (χ3n) is 3.09. The fraction of sp³-hybridized carbons (Fsp3) is 0.824. The summed E-state index contributed by atoms with van der Waals surface area (Å²) < 4.78 is 10.7. The zero-order chi connectivity index (χ0) is 19.9. The number of carbonyl (C=O) groups excluding carboxylic acids is 2. The lowest BCUT2D eigenvalue weighted by Crippen LogP contribution is -2.59. The SMILES string of the molecule is CC(C)(C)OC(=O)C(N)(CCCCCNC(=N)N)C(=O)OC(C)(C)C. The first-order valence-electron chi connectivity index (χ1n) is 8.51. The van der Waals surface area contributed by atoms with Crippen LogP contribution in [0.25, 0.3) is 0 Å². The van der Waals surface area contributed by atoms with Crippen LogP contribution in [-0.2, 0) is 19.1 Å². The molecule has 0 unspecified atom stereocenters. The molecule has 0 aliphatic carbocycles. The molecule has 0 aliphatic heterocycles. The number of rotatable bonds is 8. The molecule has 0 aliphatic rings. The molecular weight excluding hydrogens is 324 g/mol. The summed E-state index contributed by atoms with van der Waals surface area (Å²) >= 11 is 0. The molecule has 0 amide bonds. The molecule has 8 heteroatoms. The normalized spacial score (nSPS) is 12.4. The molecule has 8 nitrogen and oxygen atoms in total. The van der Waals surface area contributed by atoms with Crippen molar-refractivity contribution in [2.24, 2.45) is 11.5 Å². The highest BCUT2D eigenvalue weighted by atomic mass is 16.6. The number of nitrogens with one attached hydrogen (secondary N) is 2. The lowest BCUT2D eigenvalue weighted by molar-refractivity contribution is -0.177. The summed E-state index contributed by atoms with van der Waals surface area (Å²) in [5.41, 5.74) is 8.00. The van der Waals surface area contributed by atoms with Gasteiger partial charge in [0.05, 0.1) is 0 Å². The first kappa shape index (κ1) is 23.2. The van der Waals surface area contributed by atoms with Gasteiger partial charge in [-0.15, -0.1) is 0 Å². The highest BCUT2D eigenvalue weighted by molar-refractivity contribution is 6.04. The molecule has 0 rings (SSSR count). The number of hydrogen-bond donors (Lipinski definition) is 4. The Balaban J connectivity index is 4.92. The molecule has 0 atom stereocenters. The molecule has 25 heavy (non-hydrogen) atoms. The standard InChI is InChI=1S/C17H34N4O4/c1-15(2,3)24-12(22)17(20,13(23)25-16(4,5)6)10-8-7-9-11-21-14(18)19/h7-11,20H2,1-6H3,(H4,18,19,21). The average Bonchev–Trinajstić information content (AvgIpc) is 2.37. The van der Waals surface area contributed by atoms with Crippen molar-refractivity contribution in [1.82, 2.24) is 5.32 Å². The molecule has 146 valence electrons. The molecule has 0 fully saturated rings. The zero-order valence-electron chi connectivity index (χ0n) is 16.3. The smallest absolute Gasteiger partial charge is 0.338 e. The van der Waals surface area contributed by atoms with Crippen LogP contribution in [0.4, 0.5) is 0 Å². The third-order valence-corrected chi connectivity index (χ3v) is 3.09. The van der Waals surface area contributed by atoms with Crippen LogP contribution in [0.2, 0.25) is 0 Å². The van der Waals surface area contributed by atoms with Crippen molar-refractivity contribution in [2.45, 2.75) is 84.0 Å². The zero-order valence-corrected chi connectivity index (χ0v) is 16.3. The molecule has 0 spiro atoms. The van der Waals surface area contributed by atoms with E-state index in [1.165, 1.54) is 0 Å². The van der Waals surface area contributed by atoms with E-state index >= 15 is 0 Å². The van der Waals surface area contributed by atoms with E-state index in [9.17, 15) is 9.59 Å². The number of unbranched alkanes of at least 4 members (excludes halogenated alkanes) is 2. The Hall–Kier alpha value is -1.83. The second kappa shape index (κ2) is 9.03. The van der Waals surface area contributed by atoms with Gasteiger partial charge in [-0.2, -0.15) is 0 Å². The minimum atomic E-state index is -1.84. The monoisotopic (exact) mass is 358 g/mol. The summed E-state index contributed by atoms with van der Waals surface area (Å²) in [5.74, 6) is -1.65. The van der Waals surface area contributed by atoms with Crippen LogP contribution in [0, 0.1) is 5.41 Å². The second-order valence-corrected chi connectivity index (χ2v) is 8.13. The highest BCUT2D eigenvalue weighted by Gasteiger charge is 2.47. The maximum Gasteiger partial charge on any atom is 0.338 e. The largest absolute Gasteiger partial charge is 0.458 e. The van der Waals surface area contributed by atoms with Crippen molar-refractivity contribution in [3.63, 3.8) is 0 Å². The number of nitrogens with two attached hydrogens (primary N) is 2. The second-order valence-electron chi connectivity index (χ2n) is 8.13. The van der Waals surface area contributed by atoms with Gasteiger partial charge in [0.15, 0.2) is 5.96 Å². The van der Waals surface area contributed by atoms with Crippen molar-refractivity contribution in [3.05, 3.63) is 0 Å². The summed E-state index contributed by atoms with van der Waals surface area (Å²) in [4.78, 5) is 25.0. The van der Waals surface area contributed by atoms with Crippen molar-refractivity contribution in [1.29, 1.82) is 5.41 Å². The van der Waals surface area contributed by atoms with Crippen molar-refractivity contribution >= 4 is 17.9 Å². The predicted molar refractivity (Wildman–Crippen MR) is 97.0 cm³/mol. The van der Waals surface area contributed by atoms with Gasteiger partial charge in [-0.25, -0.2) is 9.59 Å². The maximum atomic E-state index is 12.5. The van der Waals surface area contributed by atoms with Crippen molar-refractivity contribution in [2.75, 3.05) is 6.54 Å². The van der Waals surface area contributed by atoms with Gasteiger partial charge < -0.3 is 26.3 Å². The van der Waals surface area contributed by atoms with Crippen LogP contribution in [0.5, 0.6) is 0 Å². The van der Waals surface area contributed by atoms with Gasteiger partial charge in [0, 0.05) is 6.54 Å². The summed E-state index contributed by atoms with van der Waals surface area (Å²) in [6.45, 7) is 10.8. The van der Waals surface area contributed by atoms with E-state index in [0.717, 1.165) is 6.42 Å². The summed E-state index contributed by atoms with van der Waals surface area (Å²) in [6.07, 6.45) is 2.11. The lowest BCUT2D eigenvalue weighted by atomic mass is 9.92. The summed E-state index contributed by atoms with van der Waals surface area (Å²) in [6, 6.07) is 0. The average molecular weight is 358 g/mol. The number of ether oxygens (including phenoxy) is 2. The third kappa shape index (κ3) is 9.91. The number of carbonyl (C=O) groups is 2. The fourth-order valence-electron chi connectivity index (χ4n) is 1.95. The fourth-order valence-corrected chi connectivity index (χ4v) is 1.95. The molecule has 0 aromatic heterocycles. The quantitative estimate of drug-likeness (QED) is 0.169. The maximum absolute atomic E-state index is 12.5. The van der Waals surface area contributed by atoms with E-state index in [4.69, 9.17) is 26.4 Å². The van der Waals surface area contributed by atoms with Gasteiger partial charge in [-0.3, -0.25) is 5.41 Å². The van der Waals surface area contributed by atoms with E-state index < -0.39 is 28.7 Å². The predicted octanol–water partition coefficient (Wildman–Crippen LogP) is 1.41. The minimum Gasteiger partial charge on any atom is -0.458 e.